The highest BCUT2D eigenvalue weighted by molar-refractivity contribution is 14.1. The molecular weight excluding hydrogens is 710 g/mol. The van der Waals surface area contributed by atoms with Crippen molar-refractivity contribution in [3.8, 4) is 23.0 Å². The van der Waals surface area contributed by atoms with Crippen LogP contribution in [0.25, 0.3) is 34.3 Å². The summed E-state index contributed by atoms with van der Waals surface area (Å²) in [6, 6.07) is 20.7. The Morgan fingerprint density at radius 1 is 0.868 bits per heavy atom. The lowest BCUT2D eigenvalue weighted by Crippen LogP contribution is -1.93. The smallest absolute Gasteiger partial charge is 0.276 e. The number of benzene rings is 2. The van der Waals surface area contributed by atoms with Gasteiger partial charge in [-0.15, -0.1) is 0 Å². The van der Waals surface area contributed by atoms with E-state index in [-0.39, 0.29) is 5.69 Å². The van der Waals surface area contributed by atoms with Crippen molar-refractivity contribution in [1.29, 1.82) is 0 Å². The highest BCUT2D eigenvalue weighted by Gasteiger charge is 2.14. The molecule has 0 amide bonds. The van der Waals surface area contributed by atoms with Crippen LogP contribution in [0.3, 0.4) is 0 Å². The molecule has 3 aromatic heterocycles. The number of para-hydroxylation sites is 2. The van der Waals surface area contributed by atoms with E-state index in [4.69, 9.17) is 9.47 Å². The van der Waals surface area contributed by atoms with E-state index < -0.39 is 4.92 Å². The molecule has 0 spiro atoms. The summed E-state index contributed by atoms with van der Waals surface area (Å²) in [5.74, 6) is 1.14. The SMILES string of the molecule is COc1nccc(I)c1-c1cc2ccccc2[nH]1.COc1nccc(I)c1/C=C/c1ccccc1[N+](=O)[O-]. The highest BCUT2D eigenvalue weighted by Crippen LogP contribution is 2.33. The fourth-order valence-corrected chi connectivity index (χ4v) is 4.99. The summed E-state index contributed by atoms with van der Waals surface area (Å²) in [6.07, 6.45) is 6.88. The Balaban J connectivity index is 0.000000178. The zero-order valence-corrected chi connectivity index (χ0v) is 24.7. The maximum atomic E-state index is 11.0. The minimum Gasteiger partial charge on any atom is -0.481 e. The second-order valence-electron chi connectivity index (χ2n) is 7.81. The number of H-pyrrole nitrogens is 1. The fourth-order valence-electron chi connectivity index (χ4n) is 3.74. The van der Waals surface area contributed by atoms with Gasteiger partial charge in [-0.2, -0.15) is 0 Å². The summed E-state index contributed by atoms with van der Waals surface area (Å²) in [4.78, 5) is 22.3. The van der Waals surface area contributed by atoms with E-state index in [9.17, 15) is 10.1 Å². The van der Waals surface area contributed by atoms with Crippen LogP contribution < -0.4 is 9.47 Å². The fraction of sp³-hybridized carbons (Fsp3) is 0.0714. The van der Waals surface area contributed by atoms with Gasteiger partial charge in [0.2, 0.25) is 11.8 Å². The van der Waals surface area contributed by atoms with E-state index in [0.717, 1.165) is 29.5 Å². The minimum atomic E-state index is -0.398. The first-order chi connectivity index (χ1) is 18.4. The van der Waals surface area contributed by atoms with E-state index >= 15 is 0 Å². The van der Waals surface area contributed by atoms with Gasteiger partial charge in [0, 0.05) is 36.5 Å². The Bertz CT molecular complexity index is 1590. The number of nitrogens with one attached hydrogen (secondary N) is 1. The van der Waals surface area contributed by atoms with Gasteiger partial charge in [-0.25, -0.2) is 9.97 Å². The van der Waals surface area contributed by atoms with Gasteiger partial charge in [-0.05, 0) is 87.7 Å². The number of halogens is 2. The molecule has 0 fully saturated rings. The average molecular weight is 732 g/mol. The molecule has 0 aliphatic rings. The molecule has 192 valence electrons. The van der Waals surface area contributed by atoms with Crippen molar-refractivity contribution in [1.82, 2.24) is 15.0 Å². The lowest BCUT2D eigenvalue weighted by molar-refractivity contribution is -0.385. The third-order valence-corrected chi connectivity index (χ3v) is 7.35. The number of hydrogen-bond acceptors (Lipinski definition) is 6. The monoisotopic (exact) mass is 732 g/mol. The molecule has 5 rings (SSSR count). The maximum Gasteiger partial charge on any atom is 0.276 e. The number of rotatable bonds is 6. The van der Waals surface area contributed by atoms with E-state index in [0.29, 0.717) is 17.3 Å². The average Bonchev–Trinajstić information content (AvgIpc) is 3.36. The molecule has 0 aliphatic carbocycles. The van der Waals surface area contributed by atoms with E-state index in [1.54, 1.807) is 57.0 Å². The Kier molecular flexibility index (Phi) is 9.29. The van der Waals surface area contributed by atoms with E-state index in [2.05, 4.69) is 78.3 Å². The molecule has 8 nitrogen and oxygen atoms in total. The number of aromatic amines is 1. The second kappa shape index (κ2) is 12.8. The molecule has 0 bridgehead atoms. The van der Waals surface area contributed by atoms with E-state index in [1.165, 1.54) is 11.5 Å². The van der Waals surface area contributed by atoms with Crippen molar-refractivity contribution in [2.45, 2.75) is 0 Å². The minimum absolute atomic E-state index is 0.0709. The zero-order chi connectivity index (χ0) is 27.1. The van der Waals surface area contributed by atoms with Crippen LogP contribution in [0.15, 0.2) is 79.1 Å². The summed E-state index contributed by atoms with van der Waals surface area (Å²) in [5, 5.41) is 12.1. The maximum absolute atomic E-state index is 11.0. The Labute approximate surface area is 246 Å². The summed E-state index contributed by atoms with van der Waals surface area (Å²) in [6.45, 7) is 0. The number of nitro groups is 1. The van der Waals surface area contributed by atoms with Gasteiger partial charge in [-0.3, -0.25) is 10.1 Å². The molecular formula is C28H22I2N4O4. The molecule has 0 unspecified atom stereocenters. The lowest BCUT2D eigenvalue weighted by atomic mass is 10.1. The molecule has 38 heavy (non-hydrogen) atoms. The van der Waals surface area contributed by atoms with Crippen molar-refractivity contribution < 1.29 is 14.4 Å². The first-order valence-electron chi connectivity index (χ1n) is 11.3. The molecule has 10 heteroatoms. The van der Waals surface area contributed by atoms with Crippen LogP contribution >= 0.6 is 45.2 Å². The number of aromatic nitrogens is 3. The summed E-state index contributed by atoms with van der Waals surface area (Å²) in [5.41, 5.74) is 4.58. The Hall–Kier alpha value is -3.52. The van der Waals surface area contributed by atoms with Crippen LogP contribution in [0.1, 0.15) is 11.1 Å². The molecule has 0 atom stereocenters. The molecule has 3 heterocycles. The predicted octanol–water partition coefficient (Wildman–Crippen LogP) is 7.62. The largest absolute Gasteiger partial charge is 0.481 e. The van der Waals surface area contributed by atoms with Gasteiger partial charge in [-0.1, -0.05) is 30.3 Å². The Morgan fingerprint density at radius 3 is 2.24 bits per heavy atom. The number of ether oxygens (including phenoxy) is 2. The first kappa shape index (κ1) is 27.5. The second-order valence-corrected chi connectivity index (χ2v) is 10.1. The van der Waals surface area contributed by atoms with Crippen molar-refractivity contribution in [3.63, 3.8) is 0 Å². The van der Waals surface area contributed by atoms with Gasteiger partial charge in [0.25, 0.3) is 5.69 Å². The predicted molar refractivity (Wildman–Crippen MR) is 166 cm³/mol. The zero-order valence-electron chi connectivity index (χ0n) is 20.4. The summed E-state index contributed by atoms with van der Waals surface area (Å²) < 4.78 is 12.6. The number of pyridine rings is 2. The van der Waals surface area contributed by atoms with Gasteiger partial charge in [0.15, 0.2) is 0 Å². The molecule has 0 saturated carbocycles. The van der Waals surface area contributed by atoms with Crippen LogP contribution in [0, 0.1) is 17.3 Å². The van der Waals surface area contributed by atoms with E-state index in [1.807, 2.05) is 24.3 Å². The molecule has 5 aromatic rings. The van der Waals surface area contributed by atoms with Gasteiger partial charge in [0.1, 0.15) is 0 Å². The van der Waals surface area contributed by atoms with Gasteiger partial charge in [0.05, 0.1) is 41.5 Å². The van der Waals surface area contributed by atoms with Crippen molar-refractivity contribution in [2.75, 3.05) is 14.2 Å². The van der Waals surface area contributed by atoms with Crippen molar-refractivity contribution in [3.05, 3.63) is 108 Å². The summed E-state index contributed by atoms with van der Waals surface area (Å²) >= 11 is 4.47. The number of hydrogen-bond donors (Lipinski definition) is 1. The molecule has 0 radical (unpaired) electrons. The Morgan fingerprint density at radius 2 is 1.53 bits per heavy atom. The lowest BCUT2D eigenvalue weighted by Gasteiger charge is -2.07. The van der Waals surface area contributed by atoms with Crippen molar-refractivity contribution >= 4 is 73.9 Å². The number of nitro benzene ring substituents is 1. The molecule has 0 saturated heterocycles. The topological polar surface area (TPSA) is 103 Å². The number of methoxy groups -OCH3 is 2. The normalized spacial score (nSPS) is 10.7. The third-order valence-electron chi connectivity index (χ3n) is 5.51. The third kappa shape index (κ3) is 6.30. The van der Waals surface area contributed by atoms with Gasteiger partial charge < -0.3 is 14.5 Å². The highest BCUT2D eigenvalue weighted by atomic mass is 127. The quantitative estimate of drug-likeness (QED) is 0.110. The molecule has 1 N–H and O–H groups in total. The van der Waals surface area contributed by atoms with Gasteiger partial charge >= 0.3 is 0 Å². The first-order valence-corrected chi connectivity index (χ1v) is 13.4. The van der Waals surface area contributed by atoms with Crippen LogP contribution in [-0.2, 0) is 0 Å². The number of nitrogens with zero attached hydrogens (tertiary/aromatic N) is 3. The van der Waals surface area contributed by atoms with Crippen LogP contribution in [0.2, 0.25) is 0 Å². The van der Waals surface area contributed by atoms with Crippen LogP contribution in [0.4, 0.5) is 5.69 Å². The van der Waals surface area contributed by atoms with Crippen LogP contribution in [-0.4, -0.2) is 34.1 Å². The molecule has 0 aliphatic heterocycles. The standard InChI is InChI=1S/C14H11IN2O3.C14H11IN2O/c1-20-14-11(12(15)8-9-16-14)7-6-10-4-2-3-5-13(10)17(18)19;1-18-14-13(10(15)6-7-16-14)12-8-9-4-2-3-5-11(9)17-12/h2-9H,1H3;2-8,17H,1H3/b7-6+;. The molecule has 2 aromatic carbocycles. The number of fused-ring (bicyclic) bond motifs is 1. The summed E-state index contributed by atoms with van der Waals surface area (Å²) in [7, 11) is 3.19. The van der Waals surface area contributed by atoms with Crippen molar-refractivity contribution in [2.24, 2.45) is 0 Å². The van der Waals surface area contributed by atoms with Crippen LogP contribution in [0.5, 0.6) is 11.8 Å².